The highest BCUT2D eigenvalue weighted by molar-refractivity contribution is 9.10. The zero-order chi connectivity index (χ0) is 12.4. The lowest BCUT2D eigenvalue weighted by atomic mass is 10.2. The maximum atomic E-state index is 9.45. The highest BCUT2D eigenvalue weighted by Gasteiger charge is 2.23. The van der Waals surface area contributed by atoms with Crippen molar-refractivity contribution in [3.8, 4) is 0 Å². The van der Waals surface area contributed by atoms with Gasteiger partial charge in [-0.15, -0.1) is 0 Å². The van der Waals surface area contributed by atoms with Gasteiger partial charge >= 0.3 is 0 Å². The summed E-state index contributed by atoms with van der Waals surface area (Å²) in [6.45, 7) is 2.51. The van der Waals surface area contributed by atoms with Crippen LogP contribution in [0.3, 0.4) is 0 Å². The molecule has 2 rings (SSSR count). The number of likely N-dealkylation sites (N-methyl/N-ethyl adjacent to an activating group) is 1. The number of halogens is 1. The second-order valence-electron chi connectivity index (χ2n) is 4.75. The van der Waals surface area contributed by atoms with E-state index in [0.717, 1.165) is 24.0 Å². The van der Waals surface area contributed by atoms with E-state index in [2.05, 4.69) is 38.3 Å². The number of nitrogens with one attached hydrogen (secondary N) is 1. The zero-order valence-electron chi connectivity index (χ0n) is 10.2. The number of rotatable bonds is 4. The molecule has 2 N–H and O–H groups in total. The van der Waals surface area contributed by atoms with E-state index in [-0.39, 0.29) is 6.10 Å². The van der Waals surface area contributed by atoms with Crippen molar-refractivity contribution < 1.29 is 5.11 Å². The van der Waals surface area contributed by atoms with Crippen molar-refractivity contribution in [3.05, 3.63) is 16.4 Å². The fraction of sp³-hybridized carbons (Fsp3) is 0.727. The van der Waals surface area contributed by atoms with Crippen LogP contribution >= 0.6 is 15.9 Å². The van der Waals surface area contributed by atoms with Crippen molar-refractivity contribution in [1.29, 1.82) is 0 Å². The van der Waals surface area contributed by atoms with E-state index in [1.807, 2.05) is 17.9 Å². The van der Waals surface area contributed by atoms with Crippen LogP contribution in [0.25, 0.3) is 0 Å². The molecule has 0 aliphatic carbocycles. The first-order chi connectivity index (χ1) is 8.06. The molecule has 1 aromatic heterocycles. The van der Waals surface area contributed by atoms with Gasteiger partial charge in [-0.05, 0) is 29.4 Å². The van der Waals surface area contributed by atoms with Gasteiger partial charge in [0.15, 0.2) is 0 Å². The summed E-state index contributed by atoms with van der Waals surface area (Å²) in [5, 5.41) is 17.0. The molecule has 6 heteroatoms. The Morgan fingerprint density at radius 2 is 2.47 bits per heavy atom. The normalized spacial score (nSPS) is 24.8. The SMILES string of the molecule is CN(Cc1c(Br)cnn1C)C[C@@H]1C[C@@H](O)CN1. The first-order valence-electron chi connectivity index (χ1n) is 5.82. The van der Waals surface area contributed by atoms with Crippen molar-refractivity contribution in [2.24, 2.45) is 7.05 Å². The lowest BCUT2D eigenvalue weighted by molar-refractivity contribution is 0.189. The molecule has 0 unspecified atom stereocenters. The Morgan fingerprint density at radius 1 is 1.71 bits per heavy atom. The summed E-state index contributed by atoms with van der Waals surface area (Å²) in [6.07, 6.45) is 2.48. The third-order valence-electron chi connectivity index (χ3n) is 3.16. The van der Waals surface area contributed by atoms with Crippen LogP contribution < -0.4 is 5.32 Å². The minimum atomic E-state index is -0.183. The number of aryl methyl sites for hydroxylation is 1. The van der Waals surface area contributed by atoms with Crippen LogP contribution in [0.15, 0.2) is 10.7 Å². The highest BCUT2D eigenvalue weighted by atomic mass is 79.9. The molecule has 5 nitrogen and oxygen atoms in total. The second-order valence-corrected chi connectivity index (χ2v) is 5.61. The van der Waals surface area contributed by atoms with Crippen LogP contribution in [0.5, 0.6) is 0 Å². The number of β-amino-alcohol motifs (C(OH)–C–C–N with tert-alkyl or cyclic N) is 1. The fourth-order valence-corrected chi connectivity index (χ4v) is 2.72. The van der Waals surface area contributed by atoms with E-state index in [4.69, 9.17) is 0 Å². The fourth-order valence-electron chi connectivity index (χ4n) is 2.25. The van der Waals surface area contributed by atoms with Gasteiger partial charge in [-0.2, -0.15) is 5.10 Å². The third kappa shape index (κ3) is 3.28. The summed E-state index contributed by atoms with van der Waals surface area (Å²) in [5.74, 6) is 0. The van der Waals surface area contributed by atoms with E-state index in [0.29, 0.717) is 12.6 Å². The van der Waals surface area contributed by atoms with E-state index in [1.54, 1.807) is 0 Å². The van der Waals surface area contributed by atoms with Crippen molar-refractivity contribution in [2.75, 3.05) is 20.1 Å². The van der Waals surface area contributed by atoms with Gasteiger partial charge in [-0.3, -0.25) is 9.58 Å². The molecule has 0 saturated carbocycles. The molecule has 0 amide bonds. The minimum absolute atomic E-state index is 0.183. The highest BCUT2D eigenvalue weighted by Crippen LogP contribution is 2.17. The van der Waals surface area contributed by atoms with Crippen LogP contribution in [0.4, 0.5) is 0 Å². The molecular formula is C11H19BrN4O. The van der Waals surface area contributed by atoms with Gasteiger partial charge in [-0.1, -0.05) is 0 Å². The molecule has 1 saturated heterocycles. The second kappa shape index (κ2) is 5.48. The van der Waals surface area contributed by atoms with Crippen molar-refractivity contribution in [2.45, 2.75) is 25.1 Å². The molecule has 1 aliphatic heterocycles. The first-order valence-corrected chi connectivity index (χ1v) is 6.62. The van der Waals surface area contributed by atoms with E-state index >= 15 is 0 Å². The van der Waals surface area contributed by atoms with E-state index < -0.39 is 0 Å². The molecule has 0 aromatic carbocycles. The van der Waals surface area contributed by atoms with Gasteiger partial charge in [0.1, 0.15) is 0 Å². The maximum absolute atomic E-state index is 9.45. The standard InChI is InChI=1S/C11H19BrN4O/c1-15(6-8-3-9(17)4-13-8)7-11-10(12)5-14-16(11)2/h5,8-9,13,17H,3-4,6-7H2,1-2H3/t8-,9+/m0/s1. The summed E-state index contributed by atoms with van der Waals surface area (Å²) in [7, 11) is 4.04. The molecule has 0 spiro atoms. The largest absolute Gasteiger partial charge is 0.392 e. The monoisotopic (exact) mass is 302 g/mol. The minimum Gasteiger partial charge on any atom is -0.392 e. The molecule has 96 valence electrons. The molecule has 2 atom stereocenters. The average molecular weight is 303 g/mol. The molecule has 1 fully saturated rings. The summed E-state index contributed by atoms with van der Waals surface area (Å²) >= 11 is 3.50. The molecule has 17 heavy (non-hydrogen) atoms. The summed E-state index contributed by atoms with van der Waals surface area (Å²) in [6, 6.07) is 0.391. The number of hydrogen-bond acceptors (Lipinski definition) is 4. The van der Waals surface area contributed by atoms with Crippen molar-refractivity contribution in [1.82, 2.24) is 20.0 Å². The predicted octanol–water partition coefficient (Wildman–Crippen LogP) is 0.337. The van der Waals surface area contributed by atoms with Crippen LogP contribution in [0.1, 0.15) is 12.1 Å². The lowest BCUT2D eigenvalue weighted by Gasteiger charge is -2.21. The summed E-state index contributed by atoms with van der Waals surface area (Å²) in [4.78, 5) is 2.25. The Labute approximate surface area is 110 Å². The Morgan fingerprint density at radius 3 is 3.00 bits per heavy atom. The smallest absolute Gasteiger partial charge is 0.0680 e. The number of nitrogens with zero attached hydrogens (tertiary/aromatic N) is 3. The number of aromatic nitrogens is 2. The van der Waals surface area contributed by atoms with Crippen LogP contribution in [0.2, 0.25) is 0 Å². The van der Waals surface area contributed by atoms with Gasteiger partial charge in [-0.25, -0.2) is 0 Å². The molecule has 1 aromatic rings. The lowest BCUT2D eigenvalue weighted by Crippen LogP contribution is -2.35. The van der Waals surface area contributed by atoms with E-state index in [1.165, 1.54) is 5.69 Å². The Balaban J connectivity index is 1.87. The number of hydrogen-bond donors (Lipinski definition) is 2. The molecular weight excluding hydrogens is 284 g/mol. The molecule has 0 radical (unpaired) electrons. The maximum Gasteiger partial charge on any atom is 0.0680 e. The zero-order valence-corrected chi connectivity index (χ0v) is 11.8. The van der Waals surface area contributed by atoms with Crippen molar-refractivity contribution in [3.63, 3.8) is 0 Å². The van der Waals surface area contributed by atoms with Gasteiger partial charge < -0.3 is 10.4 Å². The Hall–Kier alpha value is -0.430. The Kier molecular flexibility index (Phi) is 4.19. The number of aliphatic hydroxyl groups excluding tert-OH is 1. The third-order valence-corrected chi connectivity index (χ3v) is 3.82. The van der Waals surface area contributed by atoms with Crippen LogP contribution in [-0.4, -0.2) is 52.1 Å². The van der Waals surface area contributed by atoms with Gasteiger partial charge in [0, 0.05) is 32.7 Å². The number of aliphatic hydroxyl groups is 1. The molecule has 0 bridgehead atoms. The predicted molar refractivity (Wildman–Crippen MR) is 69.7 cm³/mol. The van der Waals surface area contributed by atoms with Crippen molar-refractivity contribution >= 4 is 15.9 Å². The van der Waals surface area contributed by atoms with Crippen LogP contribution in [0, 0.1) is 0 Å². The van der Waals surface area contributed by atoms with Gasteiger partial charge in [0.2, 0.25) is 0 Å². The van der Waals surface area contributed by atoms with E-state index in [9.17, 15) is 5.11 Å². The van der Waals surface area contributed by atoms with Crippen LogP contribution in [-0.2, 0) is 13.6 Å². The molecule has 1 aliphatic rings. The topological polar surface area (TPSA) is 53.3 Å². The first kappa shape index (κ1) is 13.0. The van der Waals surface area contributed by atoms with Gasteiger partial charge in [0.05, 0.1) is 22.5 Å². The summed E-state index contributed by atoms with van der Waals surface area (Å²) < 4.78 is 2.93. The summed E-state index contributed by atoms with van der Waals surface area (Å²) in [5.41, 5.74) is 1.17. The van der Waals surface area contributed by atoms with Gasteiger partial charge in [0.25, 0.3) is 0 Å². The molecule has 2 heterocycles. The Bertz CT molecular complexity index is 362. The quantitative estimate of drug-likeness (QED) is 0.842. The average Bonchev–Trinajstić information content (AvgIpc) is 2.79.